The van der Waals surface area contributed by atoms with Crippen molar-refractivity contribution in [3.05, 3.63) is 102 Å². The van der Waals surface area contributed by atoms with Gasteiger partial charge in [-0.2, -0.15) is 5.10 Å². The fourth-order valence-corrected chi connectivity index (χ4v) is 3.17. The highest BCUT2D eigenvalue weighted by atomic mass is 19.1. The summed E-state index contributed by atoms with van der Waals surface area (Å²) in [6, 6.07) is 22.1. The van der Waals surface area contributed by atoms with E-state index < -0.39 is 17.6 Å². The summed E-state index contributed by atoms with van der Waals surface area (Å²) in [5.41, 5.74) is 6.85. The van der Waals surface area contributed by atoms with E-state index in [9.17, 15) is 14.0 Å². The van der Waals surface area contributed by atoms with Gasteiger partial charge in [0, 0.05) is 11.8 Å². The van der Waals surface area contributed by atoms with Crippen LogP contribution in [-0.2, 0) is 0 Å². The van der Waals surface area contributed by atoms with Gasteiger partial charge in [0.05, 0.1) is 23.9 Å². The Kier molecular flexibility index (Phi) is 5.94. The molecule has 4 aromatic rings. The topological polar surface area (TPSA) is 85.3 Å². The summed E-state index contributed by atoms with van der Waals surface area (Å²) in [5.74, 6) is -1.71. The summed E-state index contributed by atoms with van der Waals surface area (Å²) in [6.07, 6.45) is 1.59. The molecule has 0 saturated heterocycles. The second-order valence-corrected chi connectivity index (χ2v) is 6.79. The average molecular weight is 430 g/mol. The minimum absolute atomic E-state index is 0.0453. The summed E-state index contributed by atoms with van der Waals surface area (Å²) >= 11 is 0. The lowest BCUT2D eigenvalue weighted by Crippen LogP contribution is -2.41. The molecule has 160 valence electrons. The Morgan fingerprint density at radius 1 is 0.875 bits per heavy atom. The Morgan fingerprint density at radius 3 is 2.16 bits per heavy atom. The Balaban J connectivity index is 1.61. The lowest BCUT2D eigenvalue weighted by molar-refractivity contribution is 0.0845. The highest BCUT2D eigenvalue weighted by Gasteiger charge is 2.20. The van der Waals surface area contributed by atoms with Gasteiger partial charge in [-0.15, -0.1) is 0 Å². The molecule has 0 aliphatic rings. The summed E-state index contributed by atoms with van der Waals surface area (Å²) < 4.78 is 20.3. The quantitative estimate of drug-likeness (QED) is 0.472. The number of hydrogen-bond donors (Lipinski definition) is 2. The first-order chi connectivity index (χ1) is 15.6. The SMILES string of the molecule is COc1ccc(F)cc1C(=O)NNC(=O)c1cn(-c2ccccc2)nc1-c1ccccc1. The molecule has 1 heterocycles. The van der Waals surface area contributed by atoms with Crippen LogP contribution in [0.25, 0.3) is 16.9 Å². The molecule has 1 aromatic heterocycles. The van der Waals surface area contributed by atoms with Gasteiger partial charge in [-0.25, -0.2) is 9.07 Å². The molecule has 0 aliphatic carbocycles. The van der Waals surface area contributed by atoms with Crippen molar-refractivity contribution >= 4 is 11.8 Å². The Morgan fingerprint density at radius 2 is 1.50 bits per heavy atom. The molecule has 0 fully saturated rings. The predicted octanol–water partition coefficient (Wildman–Crippen LogP) is 3.76. The molecule has 0 saturated carbocycles. The summed E-state index contributed by atoms with van der Waals surface area (Å²) in [4.78, 5) is 25.5. The van der Waals surface area contributed by atoms with Crippen molar-refractivity contribution in [1.82, 2.24) is 20.6 Å². The minimum atomic E-state index is -0.716. The maximum Gasteiger partial charge on any atom is 0.273 e. The molecule has 4 rings (SSSR count). The van der Waals surface area contributed by atoms with Gasteiger partial charge >= 0.3 is 0 Å². The number of aromatic nitrogens is 2. The average Bonchev–Trinajstić information content (AvgIpc) is 3.29. The standard InChI is InChI=1S/C24H19FN4O3/c1-32-21-13-12-17(25)14-19(21)23(30)26-27-24(31)20-15-29(18-10-6-3-7-11-18)28-22(20)16-8-4-2-5-9-16/h2-15H,1H3,(H,26,30)(H,27,31). The molecule has 0 radical (unpaired) electrons. The van der Waals surface area contributed by atoms with Gasteiger partial charge in [0.15, 0.2) is 0 Å². The van der Waals surface area contributed by atoms with Crippen molar-refractivity contribution in [2.45, 2.75) is 0 Å². The van der Waals surface area contributed by atoms with Crippen LogP contribution in [0.1, 0.15) is 20.7 Å². The van der Waals surface area contributed by atoms with E-state index in [0.717, 1.165) is 17.3 Å². The fraction of sp³-hybridized carbons (Fsp3) is 0.0417. The molecule has 0 aliphatic heterocycles. The van der Waals surface area contributed by atoms with Crippen molar-refractivity contribution in [3.63, 3.8) is 0 Å². The van der Waals surface area contributed by atoms with Gasteiger partial charge in [0.1, 0.15) is 17.3 Å². The van der Waals surface area contributed by atoms with E-state index in [1.165, 1.54) is 19.2 Å². The van der Waals surface area contributed by atoms with Gasteiger partial charge in [-0.1, -0.05) is 48.5 Å². The van der Waals surface area contributed by atoms with Crippen molar-refractivity contribution < 1.29 is 18.7 Å². The molecule has 8 heteroatoms. The Labute approximate surface area is 183 Å². The van der Waals surface area contributed by atoms with E-state index in [2.05, 4.69) is 16.0 Å². The van der Waals surface area contributed by atoms with E-state index >= 15 is 0 Å². The molecular weight excluding hydrogens is 411 g/mol. The van der Waals surface area contributed by atoms with Crippen LogP contribution in [-0.4, -0.2) is 28.7 Å². The lowest BCUT2D eigenvalue weighted by atomic mass is 10.1. The number of carbonyl (C=O) groups excluding carboxylic acids is 2. The second kappa shape index (κ2) is 9.13. The number of carbonyl (C=O) groups is 2. The smallest absolute Gasteiger partial charge is 0.273 e. The van der Waals surface area contributed by atoms with Crippen LogP contribution in [0.3, 0.4) is 0 Å². The zero-order valence-electron chi connectivity index (χ0n) is 17.1. The number of hydrazine groups is 1. The number of amides is 2. The summed E-state index contributed by atoms with van der Waals surface area (Å²) in [6.45, 7) is 0. The van der Waals surface area contributed by atoms with Crippen LogP contribution in [0.2, 0.25) is 0 Å². The molecule has 2 amide bonds. The first-order valence-corrected chi connectivity index (χ1v) is 9.71. The van der Waals surface area contributed by atoms with Crippen LogP contribution >= 0.6 is 0 Å². The molecular formula is C24H19FN4O3. The molecule has 0 atom stereocenters. The molecule has 2 N–H and O–H groups in total. The van der Waals surface area contributed by atoms with Gasteiger partial charge in [0.2, 0.25) is 0 Å². The third-order valence-corrected chi connectivity index (χ3v) is 4.72. The van der Waals surface area contributed by atoms with Crippen molar-refractivity contribution in [1.29, 1.82) is 0 Å². The first-order valence-electron chi connectivity index (χ1n) is 9.71. The third kappa shape index (κ3) is 4.34. The maximum absolute atomic E-state index is 13.6. The van der Waals surface area contributed by atoms with Crippen LogP contribution < -0.4 is 15.6 Å². The maximum atomic E-state index is 13.6. The number of ether oxygens (including phenoxy) is 1. The van der Waals surface area contributed by atoms with Gasteiger partial charge in [-0.05, 0) is 30.3 Å². The number of methoxy groups -OCH3 is 1. The summed E-state index contributed by atoms with van der Waals surface area (Å²) in [5, 5.41) is 4.57. The Bertz CT molecular complexity index is 1260. The van der Waals surface area contributed by atoms with Crippen molar-refractivity contribution in [2.75, 3.05) is 7.11 Å². The molecule has 7 nitrogen and oxygen atoms in total. The molecule has 3 aromatic carbocycles. The number of rotatable bonds is 5. The third-order valence-electron chi connectivity index (χ3n) is 4.72. The number of hydrogen-bond acceptors (Lipinski definition) is 4. The predicted molar refractivity (Wildman–Crippen MR) is 117 cm³/mol. The fourth-order valence-electron chi connectivity index (χ4n) is 3.17. The zero-order chi connectivity index (χ0) is 22.5. The number of para-hydroxylation sites is 1. The molecule has 0 unspecified atom stereocenters. The highest BCUT2D eigenvalue weighted by Crippen LogP contribution is 2.24. The van der Waals surface area contributed by atoms with E-state index in [4.69, 9.17) is 4.74 Å². The number of nitrogens with zero attached hydrogens (tertiary/aromatic N) is 2. The van der Waals surface area contributed by atoms with Crippen LogP contribution in [0.4, 0.5) is 4.39 Å². The first kappa shape index (κ1) is 20.8. The van der Waals surface area contributed by atoms with Crippen LogP contribution in [0.15, 0.2) is 85.1 Å². The van der Waals surface area contributed by atoms with E-state index in [1.807, 2.05) is 60.7 Å². The molecule has 0 spiro atoms. The molecule has 0 bridgehead atoms. The van der Waals surface area contributed by atoms with Crippen LogP contribution in [0.5, 0.6) is 5.75 Å². The van der Waals surface area contributed by atoms with Crippen molar-refractivity contribution in [2.24, 2.45) is 0 Å². The van der Waals surface area contributed by atoms with E-state index in [-0.39, 0.29) is 16.9 Å². The highest BCUT2D eigenvalue weighted by molar-refractivity contribution is 6.03. The summed E-state index contributed by atoms with van der Waals surface area (Å²) in [7, 11) is 1.37. The van der Waals surface area contributed by atoms with E-state index in [1.54, 1.807) is 10.9 Å². The zero-order valence-corrected chi connectivity index (χ0v) is 17.1. The normalized spacial score (nSPS) is 10.4. The minimum Gasteiger partial charge on any atom is -0.496 e. The molecule has 32 heavy (non-hydrogen) atoms. The van der Waals surface area contributed by atoms with Crippen molar-refractivity contribution in [3.8, 4) is 22.7 Å². The monoisotopic (exact) mass is 430 g/mol. The second-order valence-electron chi connectivity index (χ2n) is 6.79. The number of halogens is 1. The van der Waals surface area contributed by atoms with Crippen LogP contribution in [0, 0.1) is 5.82 Å². The largest absolute Gasteiger partial charge is 0.496 e. The van der Waals surface area contributed by atoms with Gasteiger partial charge in [0.25, 0.3) is 11.8 Å². The van der Waals surface area contributed by atoms with E-state index in [0.29, 0.717) is 5.69 Å². The van der Waals surface area contributed by atoms with Gasteiger partial charge in [-0.3, -0.25) is 20.4 Å². The lowest BCUT2D eigenvalue weighted by Gasteiger charge is -2.10. The number of benzene rings is 3. The number of nitrogens with one attached hydrogen (secondary N) is 2. The van der Waals surface area contributed by atoms with Gasteiger partial charge < -0.3 is 4.74 Å². The Hall–Kier alpha value is -4.46.